The predicted octanol–water partition coefficient (Wildman–Crippen LogP) is 5.74. The number of rotatable bonds is 5. The van der Waals surface area contributed by atoms with E-state index in [1.165, 1.54) is 30.0 Å². The molecule has 1 saturated carbocycles. The lowest BCUT2D eigenvalue weighted by Gasteiger charge is -2.09. The number of hydrogen-bond donors (Lipinski definition) is 1. The second-order valence-electron chi connectivity index (χ2n) is 9.22. The van der Waals surface area contributed by atoms with Gasteiger partial charge in [0.15, 0.2) is 5.69 Å². The van der Waals surface area contributed by atoms with Gasteiger partial charge in [-0.15, -0.1) is 0 Å². The minimum absolute atomic E-state index is 0.225. The fourth-order valence-corrected chi connectivity index (χ4v) is 4.65. The fourth-order valence-electron chi connectivity index (χ4n) is 4.65. The Balaban J connectivity index is 1.32. The molecule has 182 valence electrons. The highest BCUT2D eigenvalue weighted by molar-refractivity contribution is 5.80. The molecule has 1 fully saturated rings. The molecule has 1 N–H and O–H groups in total. The lowest BCUT2D eigenvalue weighted by atomic mass is 10.00. The number of hydrogen-bond acceptors (Lipinski definition) is 3. The molecule has 1 aliphatic carbocycles. The van der Waals surface area contributed by atoms with Crippen molar-refractivity contribution in [1.82, 2.24) is 24.1 Å². The predicted molar refractivity (Wildman–Crippen MR) is 131 cm³/mol. The average Bonchev–Trinajstić information content (AvgIpc) is 3.56. The first-order chi connectivity index (χ1) is 17.3. The second-order valence-corrected chi connectivity index (χ2v) is 9.22. The van der Waals surface area contributed by atoms with Gasteiger partial charge >= 0.3 is 11.9 Å². The van der Waals surface area contributed by atoms with Crippen molar-refractivity contribution < 1.29 is 13.2 Å². The summed E-state index contributed by atoms with van der Waals surface area (Å²) in [4.78, 5) is 24.0. The zero-order valence-electron chi connectivity index (χ0n) is 19.4. The van der Waals surface area contributed by atoms with E-state index in [-0.39, 0.29) is 11.5 Å². The van der Waals surface area contributed by atoms with Gasteiger partial charge in [0.05, 0.1) is 29.5 Å². The summed E-state index contributed by atoms with van der Waals surface area (Å²) in [6.07, 6.45) is 0.523. The van der Waals surface area contributed by atoms with Crippen LogP contribution in [0.5, 0.6) is 0 Å². The Labute approximate surface area is 204 Å². The fraction of sp³-hybridized carbons (Fsp3) is 0.222. The van der Waals surface area contributed by atoms with Gasteiger partial charge in [0.25, 0.3) is 0 Å². The van der Waals surface area contributed by atoms with Crippen molar-refractivity contribution in [2.45, 2.75) is 31.5 Å². The van der Waals surface area contributed by atoms with Crippen molar-refractivity contribution in [3.63, 3.8) is 0 Å². The van der Waals surface area contributed by atoms with E-state index >= 15 is 0 Å². The van der Waals surface area contributed by atoms with Gasteiger partial charge in [-0.2, -0.15) is 13.2 Å². The zero-order chi connectivity index (χ0) is 25.0. The number of imidazole rings is 2. The van der Waals surface area contributed by atoms with E-state index in [9.17, 15) is 18.0 Å². The van der Waals surface area contributed by atoms with Gasteiger partial charge in [0, 0.05) is 24.4 Å². The number of aryl methyl sites for hydroxylation is 1. The molecule has 0 saturated heterocycles. The van der Waals surface area contributed by atoms with E-state index in [0.29, 0.717) is 23.5 Å². The van der Waals surface area contributed by atoms with Crippen LogP contribution in [-0.2, 0) is 19.8 Å². The van der Waals surface area contributed by atoms with Crippen LogP contribution >= 0.6 is 0 Å². The van der Waals surface area contributed by atoms with E-state index in [4.69, 9.17) is 0 Å². The van der Waals surface area contributed by atoms with Gasteiger partial charge in [-0.25, -0.2) is 9.78 Å². The summed E-state index contributed by atoms with van der Waals surface area (Å²) in [7, 11) is 1.53. The number of H-pyrrole nitrogens is 1. The molecule has 5 aromatic rings. The normalized spacial score (nSPS) is 14.0. The average molecular weight is 490 g/mol. The quantitative estimate of drug-likeness (QED) is 0.343. The highest BCUT2D eigenvalue weighted by atomic mass is 19.4. The van der Waals surface area contributed by atoms with Crippen molar-refractivity contribution in [3.8, 4) is 22.6 Å². The van der Waals surface area contributed by atoms with Gasteiger partial charge < -0.3 is 9.55 Å². The summed E-state index contributed by atoms with van der Waals surface area (Å²) in [5, 5.41) is 0. The van der Waals surface area contributed by atoms with Crippen molar-refractivity contribution in [3.05, 3.63) is 94.3 Å². The highest BCUT2D eigenvalue weighted by Gasteiger charge is 2.34. The van der Waals surface area contributed by atoms with E-state index < -0.39 is 11.9 Å². The third kappa shape index (κ3) is 4.00. The molecule has 3 heterocycles. The number of pyridine rings is 1. The van der Waals surface area contributed by atoms with Crippen molar-refractivity contribution in [1.29, 1.82) is 0 Å². The Kier molecular flexibility index (Phi) is 5.10. The Bertz CT molecular complexity index is 1640. The van der Waals surface area contributed by atoms with Gasteiger partial charge in [-0.1, -0.05) is 48.5 Å². The van der Waals surface area contributed by atoms with Crippen molar-refractivity contribution in [2.75, 3.05) is 0 Å². The summed E-state index contributed by atoms with van der Waals surface area (Å²) >= 11 is 0. The lowest BCUT2D eigenvalue weighted by molar-refractivity contribution is -0.140. The standard InChI is InChI=1S/C27H22F3N5O/c1-34-15-24(27(28,29)30)33-25(34)18-8-6-16(7-9-18)14-35-23-12-21(31-13-22(23)32-26(35)36)20-5-3-2-4-19(20)17-10-11-17/h2-9,12-13,15,17H,10-11,14H2,1H3,(H,32,36). The molecule has 0 aliphatic heterocycles. The Morgan fingerprint density at radius 3 is 2.53 bits per heavy atom. The molecule has 0 atom stereocenters. The molecule has 2 aromatic carbocycles. The molecular formula is C27H22F3N5O. The van der Waals surface area contributed by atoms with Gasteiger partial charge in [0.2, 0.25) is 0 Å². The number of aromatic amines is 1. The molecule has 6 nitrogen and oxygen atoms in total. The van der Waals surface area contributed by atoms with Crippen LogP contribution in [0.4, 0.5) is 13.2 Å². The molecule has 0 radical (unpaired) electrons. The molecule has 36 heavy (non-hydrogen) atoms. The number of halogens is 3. The number of benzene rings is 2. The summed E-state index contributed by atoms with van der Waals surface area (Å²) < 4.78 is 42.1. The maximum absolute atomic E-state index is 13.0. The molecule has 9 heteroatoms. The van der Waals surface area contributed by atoms with E-state index in [1.807, 2.05) is 18.2 Å². The zero-order valence-corrected chi connectivity index (χ0v) is 19.4. The molecule has 0 unspecified atom stereocenters. The van der Waals surface area contributed by atoms with E-state index in [2.05, 4.69) is 27.1 Å². The van der Waals surface area contributed by atoms with Gasteiger partial charge in [0.1, 0.15) is 5.82 Å². The Morgan fingerprint density at radius 2 is 1.83 bits per heavy atom. The summed E-state index contributed by atoms with van der Waals surface area (Å²) in [6, 6.07) is 17.2. The van der Waals surface area contributed by atoms with Crippen LogP contribution in [0.2, 0.25) is 0 Å². The number of nitrogens with one attached hydrogen (secondary N) is 1. The number of fused-ring (bicyclic) bond motifs is 1. The summed E-state index contributed by atoms with van der Waals surface area (Å²) in [6.45, 7) is 0.307. The number of nitrogens with zero attached hydrogens (tertiary/aromatic N) is 4. The highest BCUT2D eigenvalue weighted by Crippen LogP contribution is 2.44. The first-order valence-corrected chi connectivity index (χ1v) is 11.7. The van der Waals surface area contributed by atoms with E-state index in [1.54, 1.807) is 35.0 Å². The topological polar surface area (TPSA) is 68.5 Å². The summed E-state index contributed by atoms with van der Waals surface area (Å²) in [5.41, 5.74) is 4.81. The van der Waals surface area contributed by atoms with Crippen molar-refractivity contribution >= 4 is 11.0 Å². The smallest absolute Gasteiger partial charge is 0.333 e. The maximum atomic E-state index is 13.0. The van der Waals surface area contributed by atoms with Crippen LogP contribution in [0.25, 0.3) is 33.7 Å². The molecule has 0 bridgehead atoms. The van der Waals surface area contributed by atoms with Gasteiger partial charge in [-0.05, 0) is 36.0 Å². The third-order valence-corrected chi connectivity index (χ3v) is 6.63. The molecule has 0 amide bonds. The molecule has 6 rings (SSSR count). The molecule has 1 aliphatic rings. The van der Waals surface area contributed by atoms with Gasteiger partial charge in [-0.3, -0.25) is 9.55 Å². The monoisotopic (exact) mass is 489 g/mol. The molecule has 0 spiro atoms. The molecular weight excluding hydrogens is 467 g/mol. The van der Waals surface area contributed by atoms with Crippen LogP contribution in [0, 0.1) is 0 Å². The van der Waals surface area contributed by atoms with Crippen LogP contribution in [0.3, 0.4) is 0 Å². The maximum Gasteiger partial charge on any atom is 0.434 e. The third-order valence-electron chi connectivity index (χ3n) is 6.63. The number of aromatic nitrogens is 5. The van der Waals surface area contributed by atoms with Crippen LogP contribution in [0.15, 0.2) is 71.8 Å². The van der Waals surface area contributed by atoms with Crippen LogP contribution in [0.1, 0.15) is 35.6 Å². The van der Waals surface area contributed by atoms with Crippen LogP contribution < -0.4 is 5.69 Å². The first-order valence-electron chi connectivity index (χ1n) is 11.7. The Hall–Kier alpha value is -4.14. The van der Waals surface area contributed by atoms with Crippen LogP contribution in [-0.4, -0.2) is 24.1 Å². The second kappa shape index (κ2) is 8.22. The number of alkyl halides is 3. The minimum atomic E-state index is -4.50. The molecule has 3 aromatic heterocycles. The summed E-state index contributed by atoms with van der Waals surface area (Å²) in [5.74, 6) is 0.791. The van der Waals surface area contributed by atoms with Crippen molar-refractivity contribution in [2.24, 2.45) is 7.05 Å². The van der Waals surface area contributed by atoms with E-state index in [0.717, 1.165) is 28.5 Å². The first kappa shape index (κ1) is 22.3. The SMILES string of the molecule is Cn1cc(C(F)(F)F)nc1-c1ccc(Cn2c(=O)[nH]c3cnc(-c4ccccc4C4CC4)cc32)cc1. The minimum Gasteiger partial charge on any atom is -0.333 e. The largest absolute Gasteiger partial charge is 0.434 e. The Morgan fingerprint density at radius 1 is 1.08 bits per heavy atom. The lowest BCUT2D eigenvalue weighted by Crippen LogP contribution is -2.17.